The van der Waals surface area contributed by atoms with Crippen LogP contribution >= 0.6 is 0 Å². The fourth-order valence-corrected chi connectivity index (χ4v) is 13.0. The van der Waals surface area contributed by atoms with Crippen LogP contribution in [0, 0.1) is 0 Å². The summed E-state index contributed by atoms with van der Waals surface area (Å²) < 4.78 is 119. The molecule has 0 saturated carbocycles. The van der Waals surface area contributed by atoms with E-state index >= 15 is 0 Å². The van der Waals surface area contributed by atoms with Gasteiger partial charge in [0, 0.05) is 96.8 Å². The number of Topliss-reactive ketones (excluding diaryl/α,β-unsaturated/α-hetero) is 3. The number of nitrogens with one attached hydrogen (secondary N) is 4. The van der Waals surface area contributed by atoms with Crippen molar-refractivity contribution in [1.29, 1.82) is 0 Å². The summed E-state index contributed by atoms with van der Waals surface area (Å²) in [5, 5.41) is 55.3. The van der Waals surface area contributed by atoms with E-state index < -0.39 is 87.3 Å². The minimum atomic E-state index is -4.92. The Bertz CT molecular complexity index is 6500. The first-order valence-corrected chi connectivity index (χ1v) is 41.7. The molecule has 0 aliphatic carbocycles. The number of carbonyl (C=O) groups excluding carboxylic acids is 8. The molecule has 0 bridgehead atoms. The van der Waals surface area contributed by atoms with Crippen molar-refractivity contribution >= 4 is 115 Å². The van der Waals surface area contributed by atoms with E-state index in [0.29, 0.717) is 40.9 Å². The second kappa shape index (κ2) is 48.6. The van der Waals surface area contributed by atoms with Gasteiger partial charge in [-0.25, -0.2) is 37.5 Å². The number of ether oxygens (including phenoxy) is 4. The van der Waals surface area contributed by atoms with Gasteiger partial charge in [0.05, 0.1) is 70.0 Å². The van der Waals surface area contributed by atoms with Crippen molar-refractivity contribution in [2.45, 2.75) is 63.4 Å². The molecule has 12 aromatic rings. The molecular formula is C99H86F7N5O23S. The average Bonchev–Trinajstić information content (AvgIpc) is 0.828. The zero-order valence-electron chi connectivity index (χ0n) is 72.6. The van der Waals surface area contributed by atoms with E-state index in [4.69, 9.17) is 25.2 Å². The highest BCUT2D eigenvalue weighted by molar-refractivity contribution is 7.99. The van der Waals surface area contributed by atoms with E-state index in [-0.39, 0.29) is 120 Å². The smallest absolute Gasteiger partial charge is 0.497 e. The lowest BCUT2D eigenvalue weighted by molar-refractivity contribution is -0.274. The first-order valence-electron chi connectivity index (χ1n) is 39.6. The third-order valence-electron chi connectivity index (χ3n) is 18.4. The van der Waals surface area contributed by atoms with Gasteiger partial charge in [0.1, 0.15) is 11.5 Å². The zero-order chi connectivity index (χ0) is 99.7. The number of ketones is 3. The number of aromatic carboxylic acids is 5. The number of alkyl halides is 7. The number of methoxy groups -OCH3 is 2. The van der Waals surface area contributed by atoms with Crippen molar-refractivity contribution in [3.05, 3.63) is 380 Å². The third kappa shape index (κ3) is 33.2. The van der Waals surface area contributed by atoms with Crippen molar-refractivity contribution in [3.8, 4) is 17.2 Å². The Labute approximate surface area is 767 Å². The zero-order valence-corrected chi connectivity index (χ0v) is 73.4. The highest BCUT2D eigenvalue weighted by atomic mass is 32.2. The molecule has 700 valence electrons. The summed E-state index contributed by atoms with van der Waals surface area (Å²) >= 11 is 0. The van der Waals surface area contributed by atoms with E-state index in [0.717, 1.165) is 35.7 Å². The van der Waals surface area contributed by atoms with E-state index in [1.807, 2.05) is 18.2 Å². The summed E-state index contributed by atoms with van der Waals surface area (Å²) in [6, 6.07) is 72.5. The highest BCUT2D eigenvalue weighted by Gasteiger charge is 2.33. The Morgan fingerprint density at radius 1 is 0.378 bits per heavy atom. The normalized spacial score (nSPS) is 11.0. The van der Waals surface area contributed by atoms with Crippen molar-refractivity contribution in [1.82, 2.24) is 4.90 Å². The number of anilines is 4. The molecule has 0 radical (unpaired) electrons. The molecular weight excluding hydrogens is 1790 g/mol. The van der Waals surface area contributed by atoms with E-state index in [9.17, 15) is 102 Å². The van der Waals surface area contributed by atoms with E-state index in [2.05, 4.69) is 41.3 Å². The number of hydrogen-bond acceptors (Lipinski definition) is 18. The maximum Gasteiger partial charge on any atom is 0.573 e. The first-order chi connectivity index (χ1) is 63.6. The number of carboxylic acid groups (broad SMARTS) is 5. The first kappa shape index (κ1) is 105. The Kier molecular flexibility index (Phi) is 37.9. The van der Waals surface area contributed by atoms with Crippen molar-refractivity contribution < 1.29 is 142 Å². The van der Waals surface area contributed by atoms with Crippen molar-refractivity contribution in [2.24, 2.45) is 0 Å². The van der Waals surface area contributed by atoms with Crippen LogP contribution < -0.4 is 35.5 Å². The topological polar surface area (TPSA) is 428 Å². The number of rotatable bonds is 28. The van der Waals surface area contributed by atoms with Crippen LogP contribution in [0.2, 0.25) is 0 Å². The number of halogens is 7. The van der Waals surface area contributed by atoms with Crippen LogP contribution in [0.4, 0.5) is 58.3 Å². The molecule has 36 heteroatoms. The summed E-state index contributed by atoms with van der Waals surface area (Å²) in [6.45, 7) is 3.12. The molecule has 0 heterocycles. The number of carboxylic acids is 5. The van der Waals surface area contributed by atoms with Gasteiger partial charge in [-0.2, -0.15) is 8.78 Å². The molecule has 0 spiro atoms. The van der Waals surface area contributed by atoms with Crippen LogP contribution in [0.3, 0.4) is 0 Å². The third-order valence-corrected chi connectivity index (χ3v) is 19.7. The molecule has 135 heavy (non-hydrogen) atoms. The molecule has 0 aliphatic rings. The number of amides is 5. The monoisotopic (exact) mass is 1880 g/mol. The van der Waals surface area contributed by atoms with E-state index in [1.54, 1.807) is 124 Å². The SMILES string of the molecule is C=S(C)(=O)c1cccc(NC(=O)c2ccccc2C(C)=O)c1.CC(F)(F)Oc1cccc(NC(=O)c2ccccc2C(=O)O)c1.CC(F)(F)c1cccc(NC(=O)c2ccccc2C(=O)O)c1.COC(=O)N(C)Cc1cccc(CC(=O)c2ccccc2C(=O)O)c1.COc1cccc(CC(=O)c2ccccc2C(=O)O)c1.O=C(O)c1ccccc1C(=O)Nc1ccccc1OC(F)(F)F. The van der Waals surface area contributed by atoms with Crippen LogP contribution in [0.5, 0.6) is 17.2 Å². The van der Waals surface area contributed by atoms with Gasteiger partial charge in [-0.3, -0.25) is 37.8 Å². The molecule has 5 amide bonds. The fourth-order valence-electron chi connectivity index (χ4n) is 12.2. The standard InChI is InChI=1S/C19H19NO5.C17H17NO3S.C16H13F2NO4.C16H13F2NO3.C16H14O4.C15H10F3NO4/c1-20(19(24)25-2)12-14-7-5-6-13(10-14)11-17(21)15-8-3-4-9-16(15)18(22)23;1-12(19)15-9-4-5-10-16(15)17(20)18-13-7-6-8-14(11-13)22(2,3)21;1-16(17,18)23-11-6-4-5-10(9-11)19-14(20)12-7-2-3-8-13(12)15(21)22;1-16(17,18)10-5-4-6-11(9-10)19-14(20)12-7-2-3-8-13(12)15(21)22;1-20-12-6-4-5-11(9-12)10-15(17)13-7-2-3-8-14(13)16(18)19;16-15(17,18)23-12-8-4-3-7-11(12)19-13(20)9-5-1-2-6-10(9)14(21)22/h3-10H,11-12H2,1-2H3,(H,22,23);4-11H,2H2,1,3H3,(H,18,20);2-9H,1H3,(H,19,20)(H,21,22);2-9H,1H3,(H,19,20)(H,21,22);2-9H,10H2,1H3,(H,18,19);1-8H,(H,19,20)(H,21,22). The predicted molar refractivity (Wildman–Crippen MR) is 487 cm³/mol. The number of benzene rings is 12. The Hall–Kier alpha value is -16.9. The number of carbonyl (C=O) groups is 13. The second-order valence-electron chi connectivity index (χ2n) is 28.9. The Balaban J connectivity index is 0.000000221. The van der Waals surface area contributed by atoms with Crippen molar-refractivity contribution in [3.63, 3.8) is 0 Å². The molecule has 12 aromatic carbocycles. The van der Waals surface area contributed by atoms with Crippen molar-refractivity contribution in [2.75, 3.05) is 48.8 Å². The summed E-state index contributed by atoms with van der Waals surface area (Å²) in [6.07, 6.45) is -6.95. The summed E-state index contributed by atoms with van der Waals surface area (Å²) in [5.41, 5.74) is 3.10. The van der Waals surface area contributed by atoms with Crippen LogP contribution in [0.25, 0.3) is 0 Å². The molecule has 0 fully saturated rings. The fraction of sp³-hybridized carbons (Fsp3) is 0.131. The van der Waals surface area contributed by atoms with Gasteiger partial charge in [0.2, 0.25) is 0 Å². The highest BCUT2D eigenvalue weighted by Crippen LogP contribution is 2.33. The van der Waals surface area contributed by atoms with Gasteiger partial charge in [-0.15, -0.1) is 13.2 Å². The molecule has 9 N–H and O–H groups in total. The minimum Gasteiger partial charge on any atom is -0.497 e. The van der Waals surface area contributed by atoms with E-state index in [1.165, 1.54) is 177 Å². The molecule has 28 nitrogen and oxygen atoms in total. The summed E-state index contributed by atoms with van der Waals surface area (Å²) in [7, 11) is 2.13. The largest absolute Gasteiger partial charge is 0.573 e. The Morgan fingerprint density at radius 3 is 1.13 bits per heavy atom. The molecule has 1 unspecified atom stereocenters. The number of para-hydroxylation sites is 2. The van der Waals surface area contributed by atoms with Gasteiger partial charge in [-0.1, -0.05) is 164 Å². The van der Waals surface area contributed by atoms with Crippen LogP contribution in [0.15, 0.2) is 296 Å². The second-order valence-corrected chi connectivity index (χ2v) is 31.3. The van der Waals surface area contributed by atoms with Gasteiger partial charge < -0.3 is 70.6 Å². The Morgan fingerprint density at radius 2 is 0.719 bits per heavy atom. The molecule has 0 aliphatic heterocycles. The average molecular weight is 1880 g/mol. The molecule has 0 saturated heterocycles. The maximum atomic E-state index is 13.3. The van der Waals surface area contributed by atoms with Gasteiger partial charge in [0.15, 0.2) is 23.1 Å². The van der Waals surface area contributed by atoms with Crippen LogP contribution in [0.1, 0.15) is 167 Å². The summed E-state index contributed by atoms with van der Waals surface area (Å²) in [4.78, 5) is 154. The predicted octanol–water partition coefficient (Wildman–Crippen LogP) is 19.6. The number of hydrogen-bond donors (Lipinski definition) is 9. The quantitative estimate of drug-likeness (QED) is 0.0125. The van der Waals surface area contributed by atoms with Crippen LogP contribution in [-0.4, -0.2) is 157 Å². The molecule has 0 aromatic heterocycles. The minimum absolute atomic E-state index is 0.00548. The van der Waals surface area contributed by atoms with Gasteiger partial charge >= 0.3 is 48.4 Å². The van der Waals surface area contributed by atoms with Gasteiger partial charge in [0.25, 0.3) is 29.6 Å². The lowest BCUT2D eigenvalue weighted by atomic mass is 9.97. The van der Waals surface area contributed by atoms with Gasteiger partial charge in [-0.05, 0) is 160 Å². The molecule has 12 rings (SSSR count). The maximum absolute atomic E-state index is 13.3. The lowest BCUT2D eigenvalue weighted by Crippen LogP contribution is -2.25. The number of nitrogens with zero attached hydrogens (tertiary/aromatic N) is 1. The molecule has 1 atom stereocenters. The van der Waals surface area contributed by atoms with Crippen LogP contribution in [-0.2, 0) is 39.6 Å². The summed E-state index contributed by atoms with van der Waals surface area (Å²) in [5.74, 6) is -8.72. The lowest BCUT2D eigenvalue weighted by Gasteiger charge is -2.16.